The molecule has 252 valence electrons. The summed E-state index contributed by atoms with van der Waals surface area (Å²) in [6.07, 6.45) is 5.05. The van der Waals surface area contributed by atoms with E-state index in [2.05, 4.69) is 34.5 Å². The number of β-amino-alcohol motifs (C(OH)–C–C–N with tert-alkyl or cyclic N) is 1. The molecule has 6 aliphatic rings. The lowest BCUT2D eigenvalue weighted by atomic mass is 9.74. The molecule has 0 radical (unpaired) electrons. The van der Waals surface area contributed by atoms with Gasteiger partial charge in [0.15, 0.2) is 0 Å². The molecule has 2 heterocycles. The molecule has 3 amide bonds. The van der Waals surface area contributed by atoms with Gasteiger partial charge in [0, 0.05) is 45.6 Å². The number of anilines is 1. The first-order valence-corrected chi connectivity index (χ1v) is 17.8. The molecule has 3 aromatic rings. The molecule has 4 bridgehead atoms. The minimum atomic E-state index is -0.803. The van der Waals surface area contributed by atoms with Crippen molar-refractivity contribution in [2.45, 2.75) is 63.1 Å². The van der Waals surface area contributed by atoms with Crippen LogP contribution in [-0.2, 0) is 20.8 Å². The Kier molecular flexibility index (Phi) is 8.06. The van der Waals surface area contributed by atoms with E-state index in [4.69, 9.17) is 4.74 Å². The number of rotatable bonds is 8. The van der Waals surface area contributed by atoms with Crippen LogP contribution in [0.15, 0.2) is 66.7 Å². The smallest absolute Gasteiger partial charge is 0.245 e. The SMILES string of the molecule is COc1ccccc1N1CCN(C(=O)C(Cc2ccc3ccccc3c2)NC(=O)C2CC(O)CN2C(=O)C23CC4CC(CC2C4)C3)CC1. The zero-order valence-corrected chi connectivity index (χ0v) is 27.7. The molecule has 2 saturated heterocycles. The van der Waals surface area contributed by atoms with E-state index in [0.717, 1.165) is 53.5 Å². The van der Waals surface area contributed by atoms with Gasteiger partial charge in [-0.3, -0.25) is 14.4 Å². The van der Waals surface area contributed by atoms with Crippen LogP contribution in [0.1, 0.15) is 44.1 Å². The standard InChI is InChI=1S/C39H46N4O5/c1-48-35-9-5-4-8-33(35)41-12-14-42(15-13-41)37(46)32(20-25-10-11-28-6-2-3-7-29(28)17-25)40-36(45)34-21-31(44)24-43(34)38(47)39-22-26-16-27(23-39)19-30(39)18-26/h2-11,17,26-27,30-32,34,44H,12-16,18-24H2,1H3,(H,40,45). The van der Waals surface area contributed by atoms with Gasteiger partial charge in [0.25, 0.3) is 0 Å². The summed E-state index contributed by atoms with van der Waals surface area (Å²) in [5.74, 6) is 2.00. The van der Waals surface area contributed by atoms with E-state index in [-0.39, 0.29) is 36.1 Å². The van der Waals surface area contributed by atoms with E-state index in [0.29, 0.717) is 50.4 Å². The molecule has 6 fully saturated rings. The van der Waals surface area contributed by atoms with Crippen molar-refractivity contribution in [1.29, 1.82) is 0 Å². The lowest BCUT2D eigenvalue weighted by Crippen LogP contribution is -2.58. The van der Waals surface area contributed by atoms with Crippen LogP contribution >= 0.6 is 0 Å². The second-order valence-electron chi connectivity index (χ2n) is 15.0. The number of aliphatic hydroxyl groups excluding tert-OH is 1. The first-order valence-electron chi connectivity index (χ1n) is 17.8. The molecule has 9 heteroatoms. The minimum absolute atomic E-state index is 0.0544. The van der Waals surface area contributed by atoms with Gasteiger partial charge in [-0.05, 0) is 78.3 Å². The number of likely N-dealkylation sites (tertiary alicyclic amines) is 1. The minimum Gasteiger partial charge on any atom is -0.495 e. The Balaban J connectivity index is 1.02. The predicted octanol–water partition coefficient (Wildman–Crippen LogP) is 4.01. The molecule has 0 aromatic heterocycles. The summed E-state index contributed by atoms with van der Waals surface area (Å²) in [4.78, 5) is 48.5. The van der Waals surface area contributed by atoms with Gasteiger partial charge in [0.05, 0.1) is 24.3 Å². The van der Waals surface area contributed by atoms with Crippen LogP contribution in [0.2, 0.25) is 0 Å². The molecular formula is C39H46N4O5. The van der Waals surface area contributed by atoms with Crippen molar-refractivity contribution in [3.8, 4) is 5.75 Å². The second kappa shape index (κ2) is 12.4. The zero-order valence-electron chi connectivity index (χ0n) is 27.7. The van der Waals surface area contributed by atoms with Gasteiger partial charge >= 0.3 is 0 Å². The van der Waals surface area contributed by atoms with E-state index in [9.17, 15) is 19.5 Å². The van der Waals surface area contributed by atoms with E-state index >= 15 is 0 Å². The van der Waals surface area contributed by atoms with E-state index in [1.807, 2.05) is 47.4 Å². The van der Waals surface area contributed by atoms with Crippen molar-refractivity contribution in [2.24, 2.45) is 23.2 Å². The summed E-state index contributed by atoms with van der Waals surface area (Å²) < 4.78 is 5.58. The molecule has 3 aromatic carbocycles. The fourth-order valence-corrected chi connectivity index (χ4v) is 10.1. The molecule has 2 N–H and O–H groups in total. The number of methoxy groups -OCH3 is 1. The number of aliphatic hydroxyl groups is 1. The number of carbonyl (C=O) groups is 3. The fourth-order valence-electron chi connectivity index (χ4n) is 10.1. The highest BCUT2D eigenvalue weighted by Gasteiger charge is 2.63. The van der Waals surface area contributed by atoms with Gasteiger partial charge in [-0.2, -0.15) is 0 Å². The van der Waals surface area contributed by atoms with Gasteiger partial charge in [-0.25, -0.2) is 0 Å². The molecular weight excluding hydrogens is 604 g/mol. The van der Waals surface area contributed by atoms with Gasteiger partial charge in [-0.15, -0.1) is 0 Å². The van der Waals surface area contributed by atoms with E-state index < -0.39 is 18.2 Å². The van der Waals surface area contributed by atoms with Crippen LogP contribution in [0.3, 0.4) is 0 Å². The Morgan fingerprint density at radius 1 is 0.896 bits per heavy atom. The van der Waals surface area contributed by atoms with Crippen LogP contribution in [0, 0.1) is 23.2 Å². The normalized spacial score (nSPS) is 29.8. The lowest BCUT2D eigenvalue weighted by molar-refractivity contribution is -0.149. The van der Waals surface area contributed by atoms with E-state index in [1.165, 1.54) is 6.42 Å². The number of para-hydroxylation sites is 2. The average molecular weight is 651 g/mol. The Labute approximate surface area is 282 Å². The summed E-state index contributed by atoms with van der Waals surface area (Å²) in [5, 5.41) is 16.1. The summed E-state index contributed by atoms with van der Waals surface area (Å²) in [7, 11) is 1.67. The molecule has 9 nitrogen and oxygen atoms in total. The topological polar surface area (TPSA) is 102 Å². The van der Waals surface area contributed by atoms with Crippen LogP contribution in [0.25, 0.3) is 10.8 Å². The largest absolute Gasteiger partial charge is 0.495 e. The molecule has 48 heavy (non-hydrogen) atoms. The number of hydrogen-bond donors (Lipinski definition) is 2. The van der Waals surface area contributed by atoms with Crippen molar-refractivity contribution in [3.63, 3.8) is 0 Å². The lowest BCUT2D eigenvalue weighted by Gasteiger charge is -2.39. The number of benzene rings is 3. The highest BCUT2D eigenvalue weighted by molar-refractivity contribution is 5.94. The van der Waals surface area contributed by atoms with Crippen molar-refractivity contribution >= 4 is 34.2 Å². The van der Waals surface area contributed by atoms with Crippen molar-refractivity contribution in [1.82, 2.24) is 15.1 Å². The first kappa shape index (κ1) is 31.2. The third-order valence-corrected chi connectivity index (χ3v) is 12.1. The molecule has 5 unspecified atom stereocenters. The maximum Gasteiger partial charge on any atom is 0.245 e. The Hall–Kier alpha value is -4.11. The number of nitrogens with zero attached hydrogens (tertiary/aromatic N) is 3. The Bertz CT molecular complexity index is 1710. The Morgan fingerprint density at radius 2 is 1.60 bits per heavy atom. The molecule has 2 aliphatic heterocycles. The van der Waals surface area contributed by atoms with Crippen LogP contribution in [0.4, 0.5) is 5.69 Å². The number of carbonyl (C=O) groups excluding carboxylic acids is 3. The third kappa shape index (κ3) is 5.50. The zero-order chi connectivity index (χ0) is 33.0. The van der Waals surface area contributed by atoms with Crippen molar-refractivity contribution in [2.75, 3.05) is 44.7 Å². The predicted molar refractivity (Wildman–Crippen MR) is 183 cm³/mol. The van der Waals surface area contributed by atoms with Gasteiger partial charge in [0.1, 0.15) is 17.8 Å². The number of piperazine rings is 1. The van der Waals surface area contributed by atoms with Crippen LogP contribution in [-0.4, -0.2) is 90.6 Å². The van der Waals surface area contributed by atoms with Crippen LogP contribution < -0.4 is 15.0 Å². The maximum atomic E-state index is 14.3. The van der Waals surface area contributed by atoms with Gasteiger partial charge < -0.3 is 29.9 Å². The quantitative estimate of drug-likeness (QED) is 0.382. The Morgan fingerprint density at radius 3 is 2.35 bits per heavy atom. The number of hydrogen-bond acceptors (Lipinski definition) is 6. The summed E-state index contributed by atoms with van der Waals surface area (Å²) in [6, 6.07) is 20.6. The van der Waals surface area contributed by atoms with Gasteiger partial charge in [-0.1, -0.05) is 54.6 Å². The number of nitrogens with one attached hydrogen (secondary N) is 1. The third-order valence-electron chi connectivity index (χ3n) is 12.1. The van der Waals surface area contributed by atoms with E-state index in [1.54, 1.807) is 12.0 Å². The number of fused-ring (bicyclic) bond motifs is 1. The highest BCUT2D eigenvalue weighted by atomic mass is 16.5. The second-order valence-corrected chi connectivity index (χ2v) is 15.0. The van der Waals surface area contributed by atoms with Gasteiger partial charge in [0.2, 0.25) is 17.7 Å². The molecule has 4 saturated carbocycles. The molecule has 5 atom stereocenters. The van der Waals surface area contributed by atoms with Crippen molar-refractivity contribution in [3.05, 3.63) is 72.3 Å². The maximum absolute atomic E-state index is 14.3. The molecule has 0 spiro atoms. The summed E-state index contributed by atoms with van der Waals surface area (Å²) in [5.41, 5.74) is 1.58. The number of amides is 3. The average Bonchev–Trinajstić information content (AvgIpc) is 3.71. The monoisotopic (exact) mass is 650 g/mol. The molecule has 9 rings (SSSR count). The summed E-state index contributed by atoms with van der Waals surface area (Å²) in [6.45, 7) is 2.49. The highest BCUT2D eigenvalue weighted by Crippen LogP contribution is 2.66. The first-order chi connectivity index (χ1) is 23.3. The number of ether oxygens (including phenoxy) is 1. The van der Waals surface area contributed by atoms with Crippen molar-refractivity contribution < 1.29 is 24.2 Å². The van der Waals surface area contributed by atoms with Crippen LogP contribution in [0.5, 0.6) is 5.75 Å². The fraction of sp³-hybridized carbons (Fsp3) is 0.513. The summed E-state index contributed by atoms with van der Waals surface area (Å²) >= 11 is 0. The molecule has 4 aliphatic carbocycles.